The highest BCUT2D eigenvalue weighted by Crippen LogP contribution is 2.24. The highest BCUT2D eigenvalue weighted by atomic mass is 32.2. The van der Waals surface area contributed by atoms with E-state index in [0.29, 0.717) is 0 Å². The highest BCUT2D eigenvalue weighted by Gasteiger charge is 2.34. The molecule has 0 aliphatic rings. The molecule has 1 atom stereocenters. The van der Waals surface area contributed by atoms with E-state index in [0.717, 1.165) is 6.26 Å². The maximum atomic E-state index is 12.4. The average Bonchev–Trinajstić information content (AvgIpc) is 2.18. The molecule has 6 heteroatoms. The number of hydrogen-bond acceptors (Lipinski definition) is 3. The van der Waals surface area contributed by atoms with Crippen LogP contribution in [0.3, 0.4) is 0 Å². The minimum Gasteiger partial charge on any atom is -0.341 e. The lowest BCUT2D eigenvalue weighted by molar-refractivity contribution is -0.134. The Balaban J connectivity index is 5.15. The van der Waals surface area contributed by atoms with Gasteiger partial charge in [-0.05, 0) is 33.1 Å². The Hall–Kier alpha value is -0.620. The predicted octanol–water partition coefficient (Wildman–Crippen LogP) is 1.94. The smallest absolute Gasteiger partial charge is 0.237 e. The number of nitrogens with zero attached hydrogens (tertiary/aromatic N) is 2. The van der Waals surface area contributed by atoms with Gasteiger partial charge in [-0.25, -0.2) is 8.42 Å². The van der Waals surface area contributed by atoms with Gasteiger partial charge in [0.2, 0.25) is 15.9 Å². The van der Waals surface area contributed by atoms with Crippen LogP contribution in [0.4, 0.5) is 0 Å². The van der Waals surface area contributed by atoms with E-state index in [4.69, 9.17) is 0 Å². The lowest BCUT2D eigenvalue weighted by atomic mass is 9.87. The second kappa shape index (κ2) is 6.02. The summed E-state index contributed by atoms with van der Waals surface area (Å²) in [6.07, 6.45) is 1.14. The number of hydrogen-bond donors (Lipinski definition) is 0. The quantitative estimate of drug-likeness (QED) is 0.797. The summed E-state index contributed by atoms with van der Waals surface area (Å²) in [5.41, 5.74) is -0.670. The van der Waals surface area contributed by atoms with Crippen molar-refractivity contribution in [1.29, 1.82) is 0 Å². The molecule has 0 rings (SSSR count). The summed E-state index contributed by atoms with van der Waals surface area (Å²) in [5.74, 6) is -0.187. The number of carbonyl (C=O) groups is 1. The molecule has 0 aromatic carbocycles. The molecule has 1 amide bonds. The van der Waals surface area contributed by atoms with E-state index in [1.54, 1.807) is 32.7 Å². The van der Waals surface area contributed by atoms with Crippen LogP contribution in [0.2, 0.25) is 0 Å². The fraction of sp³-hybridized carbons (Fsp3) is 0.929. The van der Waals surface area contributed by atoms with Gasteiger partial charge in [0.05, 0.1) is 12.8 Å². The fourth-order valence-electron chi connectivity index (χ4n) is 1.88. The second-order valence-corrected chi connectivity index (χ2v) is 9.39. The van der Waals surface area contributed by atoms with E-state index in [2.05, 4.69) is 20.8 Å². The first-order valence-corrected chi connectivity index (χ1v) is 8.67. The Bertz CT molecular complexity index is 444. The van der Waals surface area contributed by atoms with Gasteiger partial charge in [-0.2, -0.15) is 4.31 Å². The van der Waals surface area contributed by atoms with Crippen molar-refractivity contribution >= 4 is 15.9 Å². The van der Waals surface area contributed by atoms with Crippen molar-refractivity contribution < 1.29 is 13.2 Å². The van der Waals surface area contributed by atoms with E-state index >= 15 is 0 Å². The molecule has 0 radical (unpaired) electrons. The van der Waals surface area contributed by atoms with Gasteiger partial charge >= 0.3 is 0 Å². The average molecular weight is 306 g/mol. The Labute approximate surface area is 124 Å². The van der Waals surface area contributed by atoms with E-state index < -0.39 is 15.6 Å². The van der Waals surface area contributed by atoms with Crippen LogP contribution in [0, 0.1) is 5.41 Å². The van der Waals surface area contributed by atoms with Gasteiger partial charge in [-0.3, -0.25) is 4.79 Å². The molecule has 5 nitrogen and oxygen atoms in total. The molecule has 0 unspecified atom stereocenters. The van der Waals surface area contributed by atoms with E-state index in [1.807, 2.05) is 6.92 Å². The van der Waals surface area contributed by atoms with Gasteiger partial charge in [0.1, 0.15) is 0 Å². The molecule has 0 aliphatic carbocycles. The molecule has 0 spiro atoms. The molecule has 20 heavy (non-hydrogen) atoms. The first-order chi connectivity index (χ1) is 8.58. The summed E-state index contributed by atoms with van der Waals surface area (Å²) >= 11 is 0. The standard InChI is InChI=1S/C14H30N2O3S/c1-11(13(2,3)4)15(8)12(17)10-16(14(5,6)7)20(9,18)19/h11H,10H2,1-9H3/t11-/m0/s1. The lowest BCUT2D eigenvalue weighted by Crippen LogP contribution is -2.52. The van der Waals surface area contributed by atoms with E-state index in [-0.39, 0.29) is 23.9 Å². The van der Waals surface area contributed by atoms with Crippen molar-refractivity contribution in [3.8, 4) is 0 Å². The van der Waals surface area contributed by atoms with Crippen LogP contribution >= 0.6 is 0 Å². The van der Waals surface area contributed by atoms with Gasteiger partial charge in [0.15, 0.2) is 0 Å². The van der Waals surface area contributed by atoms with Crippen LogP contribution in [-0.4, -0.2) is 55.0 Å². The number of likely N-dealkylation sites (N-methyl/N-ethyl adjacent to an activating group) is 1. The zero-order chi connectivity index (χ0) is 16.5. The summed E-state index contributed by atoms with van der Waals surface area (Å²) in [6.45, 7) is 13.4. The molecule has 0 aromatic rings. The summed E-state index contributed by atoms with van der Waals surface area (Å²) in [4.78, 5) is 14.0. The van der Waals surface area contributed by atoms with Crippen molar-refractivity contribution in [3.63, 3.8) is 0 Å². The zero-order valence-corrected chi connectivity index (χ0v) is 15.1. The van der Waals surface area contributed by atoms with Crippen molar-refractivity contribution in [2.24, 2.45) is 5.41 Å². The first-order valence-electron chi connectivity index (χ1n) is 6.82. The Morgan fingerprint density at radius 1 is 1.10 bits per heavy atom. The number of carbonyl (C=O) groups excluding carboxylic acids is 1. The summed E-state index contributed by atoms with van der Waals surface area (Å²) in [6, 6.07) is 0.0244. The normalized spacial score (nSPS) is 15.3. The summed E-state index contributed by atoms with van der Waals surface area (Å²) in [5, 5.41) is 0. The van der Waals surface area contributed by atoms with Gasteiger partial charge in [-0.1, -0.05) is 20.8 Å². The van der Waals surface area contributed by atoms with Crippen LogP contribution in [0.5, 0.6) is 0 Å². The maximum Gasteiger partial charge on any atom is 0.237 e. The largest absolute Gasteiger partial charge is 0.341 e. The lowest BCUT2D eigenvalue weighted by Gasteiger charge is -2.38. The number of sulfonamides is 1. The monoisotopic (exact) mass is 306 g/mol. The second-order valence-electron chi connectivity index (χ2n) is 7.49. The van der Waals surface area contributed by atoms with Crippen molar-refractivity contribution in [1.82, 2.24) is 9.21 Å². The van der Waals surface area contributed by atoms with Gasteiger partial charge < -0.3 is 4.90 Å². The fourth-order valence-corrected chi connectivity index (χ4v) is 3.22. The van der Waals surface area contributed by atoms with E-state index in [1.165, 1.54) is 4.31 Å². The topological polar surface area (TPSA) is 57.7 Å². The number of rotatable bonds is 4. The minimum absolute atomic E-state index is 0.0244. The molecule has 120 valence electrons. The predicted molar refractivity (Wildman–Crippen MR) is 83.0 cm³/mol. The van der Waals surface area contributed by atoms with Gasteiger partial charge in [0, 0.05) is 18.6 Å². The molecule has 0 fully saturated rings. The van der Waals surface area contributed by atoms with Gasteiger partial charge in [-0.15, -0.1) is 0 Å². The third-order valence-corrected chi connectivity index (χ3v) is 5.13. The number of amides is 1. The molecule has 0 N–H and O–H groups in total. The molecule has 0 saturated heterocycles. The molecule has 0 aromatic heterocycles. The molecular formula is C14H30N2O3S. The van der Waals surface area contributed by atoms with Crippen LogP contribution in [0.25, 0.3) is 0 Å². The molecular weight excluding hydrogens is 276 g/mol. The van der Waals surface area contributed by atoms with Crippen molar-refractivity contribution in [2.75, 3.05) is 19.8 Å². The molecule has 0 aliphatic heterocycles. The van der Waals surface area contributed by atoms with E-state index in [9.17, 15) is 13.2 Å². The molecule has 0 saturated carbocycles. The van der Waals surface area contributed by atoms with Crippen LogP contribution in [0.15, 0.2) is 0 Å². The van der Waals surface area contributed by atoms with Gasteiger partial charge in [0.25, 0.3) is 0 Å². The molecule has 0 heterocycles. The Morgan fingerprint density at radius 2 is 1.50 bits per heavy atom. The first kappa shape index (κ1) is 19.4. The molecule has 0 bridgehead atoms. The highest BCUT2D eigenvalue weighted by molar-refractivity contribution is 7.88. The third kappa shape index (κ3) is 5.40. The van der Waals surface area contributed by atoms with Crippen LogP contribution in [0.1, 0.15) is 48.5 Å². The summed E-state index contributed by atoms with van der Waals surface area (Å²) in [7, 11) is -1.70. The van der Waals surface area contributed by atoms with Crippen LogP contribution in [-0.2, 0) is 14.8 Å². The maximum absolute atomic E-state index is 12.4. The third-order valence-electron chi connectivity index (χ3n) is 3.66. The van der Waals surface area contributed by atoms with Crippen molar-refractivity contribution in [2.45, 2.75) is 60.0 Å². The zero-order valence-electron chi connectivity index (χ0n) is 14.3. The SMILES string of the molecule is C[C@H](N(C)C(=O)CN(C(C)(C)C)S(C)(=O)=O)C(C)(C)C. The van der Waals surface area contributed by atoms with Crippen molar-refractivity contribution in [3.05, 3.63) is 0 Å². The minimum atomic E-state index is -3.43. The summed E-state index contributed by atoms with van der Waals surface area (Å²) < 4.78 is 25.0. The Morgan fingerprint density at radius 3 is 1.75 bits per heavy atom. The van der Waals surface area contributed by atoms with Crippen LogP contribution < -0.4 is 0 Å². The Kier molecular flexibility index (Phi) is 5.83.